The molecule has 2 aliphatic carbocycles. The summed E-state index contributed by atoms with van der Waals surface area (Å²) in [6, 6.07) is 3.51. The first-order chi connectivity index (χ1) is 15.2. The van der Waals surface area contributed by atoms with Crippen LogP contribution in [0.5, 0.6) is 0 Å². The highest BCUT2D eigenvalue weighted by Gasteiger charge is 2.26. The molecule has 0 spiro atoms. The van der Waals surface area contributed by atoms with Crippen LogP contribution in [0.15, 0.2) is 12.1 Å². The van der Waals surface area contributed by atoms with Crippen molar-refractivity contribution in [1.82, 2.24) is 5.32 Å². The Morgan fingerprint density at radius 3 is 2.19 bits per heavy atom. The number of hydrogen-bond acceptors (Lipinski definition) is 5. The maximum Gasteiger partial charge on any atom is 0.303 e. The lowest BCUT2D eigenvalue weighted by Gasteiger charge is -2.28. The van der Waals surface area contributed by atoms with Crippen molar-refractivity contribution >= 4 is 23.3 Å². The number of carbonyl (C=O) groups excluding carboxylic acids is 1. The Bertz CT molecular complexity index is 803. The van der Waals surface area contributed by atoms with E-state index in [9.17, 15) is 9.59 Å². The summed E-state index contributed by atoms with van der Waals surface area (Å²) in [5.41, 5.74) is 6.35. The van der Waals surface area contributed by atoms with E-state index in [0.29, 0.717) is 24.2 Å². The topological polar surface area (TPSA) is 116 Å². The van der Waals surface area contributed by atoms with Gasteiger partial charge in [-0.1, -0.05) is 32.1 Å². The molecule has 32 heavy (non-hydrogen) atoms. The second-order valence-corrected chi connectivity index (χ2v) is 9.60. The highest BCUT2D eigenvalue weighted by atomic mass is 19.1. The van der Waals surface area contributed by atoms with Gasteiger partial charge in [-0.3, -0.25) is 9.59 Å². The van der Waals surface area contributed by atoms with Crippen LogP contribution in [0.4, 0.5) is 15.8 Å². The van der Waals surface area contributed by atoms with Crippen molar-refractivity contribution in [3.8, 4) is 0 Å². The van der Waals surface area contributed by atoms with Crippen LogP contribution < -0.4 is 21.7 Å². The average Bonchev–Trinajstić information content (AvgIpc) is 3.23. The van der Waals surface area contributed by atoms with E-state index in [0.717, 1.165) is 51.4 Å². The number of carbonyl (C=O) groups is 2. The van der Waals surface area contributed by atoms with E-state index in [1.807, 2.05) is 0 Å². The van der Waals surface area contributed by atoms with Crippen molar-refractivity contribution in [2.24, 2.45) is 5.73 Å². The van der Waals surface area contributed by atoms with E-state index in [1.165, 1.54) is 12.5 Å². The van der Waals surface area contributed by atoms with Crippen LogP contribution in [0.25, 0.3) is 0 Å². The van der Waals surface area contributed by atoms with E-state index in [2.05, 4.69) is 16.0 Å². The molecule has 2 aliphatic rings. The third-order valence-corrected chi connectivity index (χ3v) is 6.52. The molecule has 0 bridgehead atoms. The molecule has 1 aromatic rings. The largest absolute Gasteiger partial charge is 0.481 e. The predicted octanol–water partition coefficient (Wildman–Crippen LogP) is 4.58. The van der Waals surface area contributed by atoms with Gasteiger partial charge in [0.05, 0.1) is 16.9 Å². The lowest BCUT2D eigenvalue weighted by molar-refractivity contribution is -0.137. The number of amides is 1. The molecule has 0 heterocycles. The number of anilines is 2. The fourth-order valence-corrected chi connectivity index (χ4v) is 4.74. The predicted molar refractivity (Wildman–Crippen MR) is 124 cm³/mol. The maximum absolute atomic E-state index is 15.0. The summed E-state index contributed by atoms with van der Waals surface area (Å²) in [5, 5.41) is 18.4. The number of rotatable bonds is 10. The zero-order valence-electron chi connectivity index (χ0n) is 19.0. The Hall–Kier alpha value is -2.35. The van der Waals surface area contributed by atoms with Crippen molar-refractivity contribution < 1.29 is 19.1 Å². The first kappa shape index (κ1) is 24.3. The standard InChI is InChI=1S/C24H37FN4O3/c1-24(26,13-7-12-22(30)31)29-23(32)18-14-19(25)21(28-17-8-3-2-4-9-17)15-20(18)27-16-10-5-6-11-16/h14-17,27-28H,2-13,26H2,1H3,(H,29,32)(H,30,31). The molecular weight excluding hydrogens is 411 g/mol. The number of benzene rings is 1. The lowest BCUT2D eigenvalue weighted by atomic mass is 9.95. The highest BCUT2D eigenvalue weighted by Crippen LogP contribution is 2.31. The molecule has 8 heteroatoms. The van der Waals surface area contributed by atoms with Gasteiger partial charge in [-0.25, -0.2) is 4.39 Å². The second-order valence-electron chi connectivity index (χ2n) is 9.60. The summed E-state index contributed by atoms with van der Waals surface area (Å²) in [4.78, 5) is 23.8. The van der Waals surface area contributed by atoms with Gasteiger partial charge in [0.25, 0.3) is 5.91 Å². The van der Waals surface area contributed by atoms with Gasteiger partial charge in [-0.15, -0.1) is 0 Å². The molecule has 0 aromatic heterocycles. The third kappa shape index (κ3) is 7.08. The van der Waals surface area contributed by atoms with E-state index >= 15 is 4.39 Å². The van der Waals surface area contributed by atoms with Crippen LogP contribution in [-0.2, 0) is 4.79 Å². The van der Waals surface area contributed by atoms with Crippen LogP contribution in [0.3, 0.4) is 0 Å². The van der Waals surface area contributed by atoms with Crippen molar-refractivity contribution in [2.45, 2.75) is 102 Å². The van der Waals surface area contributed by atoms with Crippen LogP contribution in [0, 0.1) is 5.82 Å². The van der Waals surface area contributed by atoms with Crippen LogP contribution in [0.2, 0.25) is 0 Å². The van der Waals surface area contributed by atoms with Crippen LogP contribution in [0.1, 0.15) is 94.3 Å². The summed E-state index contributed by atoms with van der Waals surface area (Å²) in [6.07, 6.45) is 10.5. The smallest absolute Gasteiger partial charge is 0.303 e. The van der Waals surface area contributed by atoms with Gasteiger partial charge in [0.2, 0.25) is 0 Å². The molecule has 1 aromatic carbocycles. The molecule has 0 radical (unpaired) electrons. The molecule has 3 rings (SSSR count). The number of nitrogens with one attached hydrogen (secondary N) is 3. The van der Waals surface area contributed by atoms with Crippen molar-refractivity contribution in [1.29, 1.82) is 0 Å². The van der Waals surface area contributed by atoms with Gasteiger partial charge in [0.1, 0.15) is 5.82 Å². The number of nitrogens with two attached hydrogens (primary N) is 1. The maximum atomic E-state index is 15.0. The Labute approximate surface area is 189 Å². The minimum atomic E-state index is -1.09. The third-order valence-electron chi connectivity index (χ3n) is 6.52. The van der Waals surface area contributed by atoms with Gasteiger partial charge >= 0.3 is 5.97 Å². The van der Waals surface area contributed by atoms with E-state index in [-0.39, 0.29) is 24.1 Å². The van der Waals surface area contributed by atoms with Gasteiger partial charge < -0.3 is 26.8 Å². The normalized spacial score (nSPS) is 19.3. The minimum Gasteiger partial charge on any atom is -0.481 e. The van der Waals surface area contributed by atoms with Gasteiger partial charge in [0, 0.05) is 24.2 Å². The molecule has 1 atom stereocenters. The number of carboxylic acid groups (broad SMARTS) is 1. The Kier molecular flexibility index (Phi) is 8.34. The second kappa shape index (κ2) is 11.0. The zero-order valence-corrected chi connectivity index (χ0v) is 19.0. The molecule has 1 amide bonds. The first-order valence-corrected chi connectivity index (χ1v) is 11.9. The van der Waals surface area contributed by atoms with E-state index < -0.39 is 23.4 Å². The Balaban J connectivity index is 1.78. The molecule has 2 saturated carbocycles. The SMILES string of the molecule is CC(N)(CCCC(=O)O)NC(=O)c1cc(F)c(NC2CCCCC2)cc1NC1CCCC1. The molecule has 0 saturated heterocycles. The van der Waals surface area contributed by atoms with Crippen molar-refractivity contribution in [2.75, 3.05) is 10.6 Å². The average molecular weight is 449 g/mol. The van der Waals surface area contributed by atoms with E-state index in [1.54, 1.807) is 13.0 Å². The summed E-state index contributed by atoms with van der Waals surface area (Å²) in [5.74, 6) is -1.82. The summed E-state index contributed by atoms with van der Waals surface area (Å²) < 4.78 is 15.0. The number of hydrogen-bond donors (Lipinski definition) is 5. The van der Waals surface area contributed by atoms with Crippen molar-refractivity contribution in [3.05, 3.63) is 23.5 Å². The van der Waals surface area contributed by atoms with Gasteiger partial charge in [0.15, 0.2) is 0 Å². The minimum absolute atomic E-state index is 0.0205. The van der Waals surface area contributed by atoms with Crippen LogP contribution >= 0.6 is 0 Å². The Morgan fingerprint density at radius 2 is 1.59 bits per heavy atom. The number of carboxylic acids is 1. The number of halogens is 1. The monoisotopic (exact) mass is 448 g/mol. The zero-order chi connectivity index (χ0) is 23.1. The number of aliphatic carboxylic acids is 1. The molecule has 178 valence electrons. The molecule has 2 fully saturated rings. The molecule has 0 aliphatic heterocycles. The van der Waals surface area contributed by atoms with E-state index in [4.69, 9.17) is 10.8 Å². The molecule has 7 nitrogen and oxygen atoms in total. The van der Waals surface area contributed by atoms with Gasteiger partial charge in [-0.2, -0.15) is 0 Å². The molecule has 6 N–H and O–H groups in total. The lowest BCUT2D eigenvalue weighted by Crippen LogP contribution is -2.53. The molecule has 1 unspecified atom stereocenters. The fourth-order valence-electron chi connectivity index (χ4n) is 4.74. The van der Waals surface area contributed by atoms with Crippen molar-refractivity contribution in [3.63, 3.8) is 0 Å². The van der Waals surface area contributed by atoms with Gasteiger partial charge in [-0.05, 0) is 57.6 Å². The first-order valence-electron chi connectivity index (χ1n) is 11.9. The summed E-state index contributed by atoms with van der Waals surface area (Å²) in [6.45, 7) is 1.65. The summed E-state index contributed by atoms with van der Waals surface area (Å²) in [7, 11) is 0. The summed E-state index contributed by atoms with van der Waals surface area (Å²) >= 11 is 0. The Morgan fingerprint density at radius 1 is 1.03 bits per heavy atom. The highest BCUT2D eigenvalue weighted by molar-refractivity contribution is 6.00. The fraction of sp³-hybridized carbons (Fsp3) is 0.667. The van der Waals surface area contributed by atoms with Crippen LogP contribution in [-0.4, -0.2) is 34.7 Å². The molecular formula is C24H37FN4O3. The quantitative estimate of drug-likeness (QED) is 0.335.